The Morgan fingerprint density at radius 1 is 1.70 bits per heavy atom. The molecule has 0 aromatic rings. The normalized spacial score (nSPS) is 8.80. The zero-order valence-corrected chi connectivity index (χ0v) is 9.86. The van der Waals surface area contributed by atoms with Crippen molar-refractivity contribution in [3.63, 3.8) is 0 Å². The maximum absolute atomic E-state index is 10.6. The standard InChI is InChI=1S/C6H11O2S.W/c1-5(2)8-6(7)3-4-9;/h4-5,9H,3H2,1-2H3;/q-1;. The largest absolute Gasteiger partial charge is 0.465 e. The van der Waals surface area contributed by atoms with Crippen molar-refractivity contribution in [2.75, 3.05) is 0 Å². The van der Waals surface area contributed by atoms with Gasteiger partial charge in [0.1, 0.15) is 0 Å². The minimum Gasteiger partial charge on any atom is -0.465 e. The quantitative estimate of drug-likeness (QED) is 0.481. The van der Waals surface area contributed by atoms with Crippen LogP contribution in [0.15, 0.2) is 0 Å². The van der Waals surface area contributed by atoms with Crippen LogP contribution in [0.5, 0.6) is 0 Å². The van der Waals surface area contributed by atoms with Gasteiger partial charge in [0.25, 0.3) is 5.97 Å². The Labute approximate surface area is 81.4 Å². The first-order valence-corrected chi connectivity index (χ1v) is 3.34. The van der Waals surface area contributed by atoms with E-state index in [-0.39, 0.29) is 39.6 Å². The van der Waals surface area contributed by atoms with Crippen LogP contribution in [0.3, 0.4) is 0 Å². The molecule has 0 heterocycles. The summed E-state index contributed by atoms with van der Waals surface area (Å²) < 4.78 is 4.77. The zero-order valence-electron chi connectivity index (χ0n) is 6.03. The molecule has 2 nitrogen and oxygen atoms in total. The molecule has 0 aromatic carbocycles. The van der Waals surface area contributed by atoms with Crippen molar-refractivity contribution in [2.45, 2.75) is 26.4 Å². The molecule has 60 valence electrons. The Morgan fingerprint density at radius 3 is 2.50 bits per heavy atom. The van der Waals surface area contributed by atoms with Gasteiger partial charge in [0.05, 0.1) is 6.10 Å². The third-order valence-corrected chi connectivity index (χ3v) is 0.808. The van der Waals surface area contributed by atoms with Crippen LogP contribution < -0.4 is 0 Å². The summed E-state index contributed by atoms with van der Waals surface area (Å²) in [7, 11) is 0. The van der Waals surface area contributed by atoms with Gasteiger partial charge in [-0.2, -0.15) is 0 Å². The SMILES string of the molecule is CC(C)OC(=O)C[CH-]S.[W]. The summed E-state index contributed by atoms with van der Waals surface area (Å²) in [6.45, 7) is 3.63. The van der Waals surface area contributed by atoms with Gasteiger partial charge in [0.15, 0.2) is 0 Å². The predicted octanol–water partition coefficient (Wildman–Crippen LogP) is 1.42. The van der Waals surface area contributed by atoms with E-state index in [1.54, 1.807) is 0 Å². The van der Waals surface area contributed by atoms with Crippen molar-refractivity contribution in [1.29, 1.82) is 0 Å². The number of thiol groups is 1. The summed E-state index contributed by atoms with van der Waals surface area (Å²) in [5, 5.41) is 0. The number of ether oxygens (including phenoxy) is 1. The van der Waals surface area contributed by atoms with E-state index in [4.69, 9.17) is 4.74 Å². The fraction of sp³-hybridized carbons (Fsp3) is 0.667. The smallest absolute Gasteiger partial charge is 0.276 e. The van der Waals surface area contributed by atoms with Crippen LogP contribution in [0, 0.1) is 5.75 Å². The third kappa shape index (κ3) is 8.51. The zero-order chi connectivity index (χ0) is 7.28. The second-order valence-corrected chi connectivity index (χ2v) is 2.29. The molecule has 0 N–H and O–H groups in total. The van der Waals surface area contributed by atoms with Gasteiger partial charge in [0.2, 0.25) is 0 Å². The van der Waals surface area contributed by atoms with Gasteiger partial charge in [-0.3, -0.25) is 10.5 Å². The molecule has 0 atom stereocenters. The van der Waals surface area contributed by atoms with Crippen molar-refractivity contribution in [3.8, 4) is 0 Å². The van der Waals surface area contributed by atoms with E-state index < -0.39 is 0 Å². The summed E-state index contributed by atoms with van der Waals surface area (Å²) in [5.41, 5.74) is 0. The molecular weight excluding hydrogens is 320 g/mol. The topological polar surface area (TPSA) is 26.3 Å². The molecule has 0 aliphatic rings. The third-order valence-electron chi connectivity index (χ3n) is 0.625. The molecule has 0 bridgehead atoms. The molecule has 0 aliphatic carbocycles. The first-order chi connectivity index (χ1) is 4.16. The summed E-state index contributed by atoms with van der Waals surface area (Å²) >= 11 is 3.76. The van der Waals surface area contributed by atoms with E-state index in [0.717, 1.165) is 0 Å². The molecule has 4 heteroatoms. The van der Waals surface area contributed by atoms with E-state index >= 15 is 0 Å². The molecule has 0 spiro atoms. The number of esters is 1. The summed E-state index contributed by atoms with van der Waals surface area (Å²) in [6.07, 6.45) is 0.257. The maximum atomic E-state index is 10.6. The molecule has 0 unspecified atom stereocenters. The van der Waals surface area contributed by atoms with E-state index in [9.17, 15) is 4.79 Å². The van der Waals surface area contributed by atoms with E-state index in [1.807, 2.05) is 13.8 Å². The van der Waals surface area contributed by atoms with Crippen LogP contribution in [-0.4, -0.2) is 12.1 Å². The van der Waals surface area contributed by atoms with E-state index in [1.165, 1.54) is 5.75 Å². The van der Waals surface area contributed by atoms with Gasteiger partial charge in [-0.1, -0.05) is 6.42 Å². The van der Waals surface area contributed by atoms with Crippen molar-refractivity contribution in [3.05, 3.63) is 5.75 Å². The van der Waals surface area contributed by atoms with Crippen molar-refractivity contribution >= 4 is 18.6 Å². The Kier molecular flexibility index (Phi) is 9.99. The molecule has 0 rings (SSSR count). The van der Waals surface area contributed by atoms with Crippen LogP contribution in [-0.2, 0) is 30.6 Å². The molecule has 0 aliphatic heterocycles. The second-order valence-electron chi connectivity index (χ2n) is 1.93. The van der Waals surface area contributed by atoms with Crippen LogP contribution in [0.4, 0.5) is 0 Å². The van der Waals surface area contributed by atoms with Gasteiger partial charge in [-0.25, -0.2) is 0 Å². The minimum absolute atomic E-state index is 0. The fourth-order valence-electron chi connectivity index (χ4n) is 0.386. The minimum atomic E-state index is -0.222. The Balaban J connectivity index is 0. The summed E-state index contributed by atoms with van der Waals surface area (Å²) in [5.74, 6) is 1.25. The Hall–Kier alpha value is 0.508. The molecule has 0 saturated heterocycles. The molecule has 0 fully saturated rings. The van der Waals surface area contributed by atoms with Crippen LogP contribution in [0.1, 0.15) is 20.3 Å². The molecule has 0 radical (unpaired) electrons. The van der Waals surface area contributed by atoms with Gasteiger partial charge in [-0.05, 0) is 13.8 Å². The first-order valence-electron chi connectivity index (χ1n) is 2.82. The predicted molar refractivity (Wildman–Crippen MR) is 39.1 cm³/mol. The van der Waals surface area contributed by atoms with Gasteiger partial charge in [-0.15, -0.1) is 0 Å². The van der Waals surface area contributed by atoms with Crippen LogP contribution in [0.2, 0.25) is 0 Å². The van der Waals surface area contributed by atoms with Gasteiger partial charge >= 0.3 is 0 Å². The summed E-state index contributed by atoms with van der Waals surface area (Å²) in [6, 6.07) is 0. The second kappa shape index (κ2) is 7.61. The number of rotatable bonds is 3. The Bertz CT molecular complexity index is 95.7. The van der Waals surface area contributed by atoms with E-state index in [2.05, 4.69) is 12.6 Å². The average Bonchev–Trinajstić information content (AvgIpc) is 1.63. The number of hydrogen-bond donors (Lipinski definition) is 1. The molecule has 0 aromatic heterocycles. The van der Waals surface area contributed by atoms with Crippen molar-refractivity contribution in [2.24, 2.45) is 0 Å². The molecule has 0 amide bonds. The number of carbonyl (C=O) groups excluding carboxylic acids is 1. The van der Waals surface area contributed by atoms with Gasteiger partial charge < -0.3 is 17.4 Å². The number of carbonyl (C=O) groups is 1. The molecule has 0 saturated carbocycles. The first kappa shape index (κ1) is 13.1. The number of hydrogen-bond acceptors (Lipinski definition) is 3. The monoisotopic (exact) mass is 331 g/mol. The van der Waals surface area contributed by atoms with Gasteiger partial charge in [0, 0.05) is 21.1 Å². The maximum Gasteiger partial charge on any atom is 0.276 e. The molecular formula is C6H11O2SW-. The fourth-order valence-corrected chi connectivity index (χ4v) is 0.535. The van der Waals surface area contributed by atoms with Crippen LogP contribution in [0.25, 0.3) is 0 Å². The van der Waals surface area contributed by atoms with Crippen molar-refractivity contribution in [1.82, 2.24) is 0 Å². The molecule has 10 heavy (non-hydrogen) atoms. The Morgan fingerprint density at radius 2 is 2.20 bits per heavy atom. The average molecular weight is 331 g/mol. The van der Waals surface area contributed by atoms with Crippen LogP contribution >= 0.6 is 12.6 Å². The van der Waals surface area contributed by atoms with Crippen molar-refractivity contribution < 1.29 is 30.6 Å². The summed E-state index contributed by atoms with van der Waals surface area (Å²) in [4.78, 5) is 10.6. The van der Waals surface area contributed by atoms with E-state index in [0.29, 0.717) is 0 Å².